The predicted octanol–water partition coefficient (Wildman–Crippen LogP) is 2.52. The summed E-state index contributed by atoms with van der Waals surface area (Å²) < 4.78 is 14.0. The summed E-state index contributed by atoms with van der Waals surface area (Å²) in [5.41, 5.74) is 0.649. The van der Waals surface area contributed by atoms with E-state index in [1.807, 2.05) is 47.8 Å². The first-order valence-electron chi connectivity index (χ1n) is 7.28. The van der Waals surface area contributed by atoms with Gasteiger partial charge in [-0.05, 0) is 11.2 Å². The van der Waals surface area contributed by atoms with Crippen molar-refractivity contribution in [2.45, 2.75) is 14.4 Å². The van der Waals surface area contributed by atoms with Gasteiger partial charge in [0.25, 0.3) is 0 Å². The van der Waals surface area contributed by atoms with Crippen LogP contribution < -0.4 is 19.5 Å². The van der Waals surface area contributed by atoms with E-state index in [-0.39, 0.29) is 7.43 Å². The highest BCUT2D eigenvalue weighted by Gasteiger charge is 2.08. The second kappa shape index (κ2) is 9.31. The van der Waals surface area contributed by atoms with Crippen LogP contribution in [0.15, 0.2) is 57.1 Å². The van der Waals surface area contributed by atoms with Crippen LogP contribution in [0.25, 0.3) is 0 Å². The van der Waals surface area contributed by atoms with Crippen molar-refractivity contribution in [3.05, 3.63) is 42.1 Å². The Hall–Kier alpha value is -3.03. The average Bonchev–Trinajstić information content (AvgIpc) is 2.60. The number of pyridine rings is 2. The van der Waals surface area contributed by atoms with Crippen LogP contribution in [0.5, 0.6) is 11.5 Å². The van der Waals surface area contributed by atoms with Crippen LogP contribution in [0.4, 0.5) is 5.82 Å². The van der Waals surface area contributed by atoms with E-state index in [1.54, 1.807) is 33.3 Å². The van der Waals surface area contributed by atoms with Gasteiger partial charge in [0.05, 0.1) is 38.6 Å². The van der Waals surface area contributed by atoms with Crippen LogP contribution in [-0.4, -0.2) is 24.6 Å². The van der Waals surface area contributed by atoms with Crippen LogP contribution >= 0.6 is 0 Å². The van der Waals surface area contributed by atoms with Gasteiger partial charge in [-0.2, -0.15) is 0 Å². The maximum Gasteiger partial charge on any atom is 0.354 e. The molecule has 0 saturated heterocycles. The van der Waals surface area contributed by atoms with Crippen LogP contribution in [0.1, 0.15) is 14.4 Å². The summed E-state index contributed by atoms with van der Waals surface area (Å²) >= 11 is 0. The van der Waals surface area contributed by atoms with E-state index in [4.69, 9.17) is 9.47 Å². The number of aryl methyl sites for hydroxylation is 2. The van der Waals surface area contributed by atoms with Gasteiger partial charge in [-0.3, -0.25) is 0 Å². The van der Waals surface area contributed by atoms with E-state index >= 15 is 0 Å². The van der Waals surface area contributed by atoms with Crippen molar-refractivity contribution in [3.63, 3.8) is 0 Å². The molecule has 0 aliphatic rings. The first-order chi connectivity index (χ1) is 11.5. The Balaban J connectivity index is 0.00000312. The van der Waals surface area contributed by atoms with Crippen molar-refractivity contribution >= 4 is 11.7 Å². The summed E-state index contributed by atoms with van der Waals surface area (Å²) in [6.45, 7) is 1.73. The summed E-state index contributed by atoms with van der Waals surface area (Å²) in [7, 11) is 6.97. The highest BCUT2D eigenvalue weighted by molar-refractivity contribution is 5.79. The Morgan fingerprint density at radius 1 is 1.12 bits per heavy atom. The Labute approximate surface area is 147 Å². The number of rotatable bonds is 4. The van der Waals surface area contributed by atoms with Crippen LogP contribution in [-0.2, 0) is 14.1 Å². The van der Waals surface area contributed by atoms with Gasteiger partial charge in [-0.25, -0.2) is 4.57 Å². The molecule has 8 heteroatoms. The topological polar surface area (TPSA) is 76.7 Å². The van der Waals surface area contributed by atoms with Crippen molar-refractivity contribution in [1.29, 1.82) is 0 Å². The lowest BCUT2D eigenvalue weighted by molar-refractivity contribution is -0.658. The van der Waals surface area contributed by atoms with Crippen molar-refractivity contribution in [2.75, 3.05) is 14.2 Å². The molecule has 8 nitrogen and oxygen atoms in total. The number of aromatic nitrogens is 2. The molecular formula is C17H25N6O2+. The standard InChI is InChI=1S/C16H21N6O2.CH4/c1-12(17-19-15-10-13(23-4)6-8-21(15)2)18-20-16-11-14(24-5)7-9-22(16)3;/h6-11H,1-5H3;1H4/q+1;. The van der Waals surface area contributed by atoms with Gasteiger partial charge < -0.3 is 14.0 Å². The van der Waals surface area contributed by atoms with Crippen molar-refractivity contribution < 1.29 is 14.0 Å². The van der Waals surface area contributed by atoms with Gasteiger partial charge >= 0.3 is 5.82 Å². The molecule has 0 N–H and O–H groups in total. The largest absolute Gasteiger partial charge is 0.497 e. The van der Waals surface area contributed by atoms with Gasteiger partial charge in [0, 0.05) is 32.3 Å². The molecule has 25 heavy (non-hydrogen) atoms. The zero-order chi connectivity index (χ0) is 17.5. The molecule has 0 unspecified atom stereocenters. The van der Waals surface area contributed by atoms with Crippen molar-refractivity contribution in [1.82, 2.24) is 4.57 Å². The van der Waals surface area contributed by atoms with Crippen LogP contribution in [0.2, 0.25) is 0 Å². The summed E-state index contributed by atoms with van der Waals surface area (Å²) in [5.74, 6) is 2.51. The molecule has 0 radical (unpaired) electrons. The quantitative estimate of drug-likeness (QED) is 0.281. The molecule has 2 aromatic rings. The lowest BCUT2D eigenvalue weighted by atomic mass is 10.4. The monoisotopic (exact) mass is 345 g/mol. The predicted molar refractivity (Wildman–Crippen MR) is 96.1 cm³/mol. The van der Waals surface area contributed by atoms with E-state index < -0.39 is 0 Å². The van der Waals surface area contributed by atoms with E-state index in [9.17, 15) is 0 Å². The lowest BCUT2D eigenvalue weighted by Gasteiger charge is -2.01. The molecule has 2 aromatic heterocycles. The highest BCUT2D eigenvalue weighted by Crippen LogP contribution is 2.14. The van der Waals surface area contributed by atoms with E-state index in [2.05, 4.69) is 20.4 Å². The molecule has 2 rings (SSSR count). The van der Waals surface area contributed by atoms with Gasteiger partial charge in [-0.1, -0.05) is 7.43 Å². The molecule has 0 spiro atoms. The summed E-state index contributed by atoms with van der Waals surface area (Å²) in [4.78, 5) is 0. The minimum absolute atomic E-state index is 0. The Bertz CT molecular complexity index is 839. The lowest BCUT2D eigenvalue weighted by Crippen LogP contribution is -2.27. The number of methoxy groups -OCH3 is 2. The molecule has 0 atom stereocenters. The molecule has 0 aliphatic carbocycles. The molecule has 0 amide bonds. The van der Waals surface area contributed by atoms with E-state index in [1.165, 1.54) is 0 Å². The minimum atomic E-state index is 0. The number of amidine groups is 1. The molecule has 0 bridgehead atoms. The third-order valence-electron chi connectivity index (χ3n) is 3.26. The van der Waals surface area contributed by atoms with Crippen LogP contribution in [0, 0.1) is 0 Å². The Kier molecular flexibility index (Phi) is 7.45. The Morgan fingerprint density at radius 3 is 2.48 bits per heavy atom. The van der Waals surface area contributed by atoms with Gasteiger partial charge in [-0.15, -0.1) is 10.2 Å². The zero-order valence-electron chi connectivity index (χ0n) is 14.5. The third-order valence-corrected chi connectivity index (χ3v) is 3.26. The number of ether oxygens (including phenoxy) is 2. The van der Waals surface area contributed by atoms with Gasteiger partial charge in [0.1, 0.15) is 11.5 Å². The highest BCUT2D eigenvalue weighted by atomic mass is 16.5. The molecule has 2 heterocycles. The number of hydrogen-bond donors (Lipinski definition) is 0. The van der Waals surface area contributed by atoms with Crippen molar-refractivity contribution in [2.24, 2.45) is 34.5 Å². The smallest absolute Gasteiger partial charge is 0.354 e. The van der Waals surface area contributed by atoms with Gasteiger partial charge in [0.2, 0.25) is 0 Å². The molecular weight excluding hydrogens is 320 g/mol. The second-order valence-corrected chi connectivity index (χ2v) is 5.02. The zero-order valence-corrected chi connectivity index (χ0v) is 14.5. The number of hydrogen-bond acceptors (Lipinski definition) is 5. The van der Waals surface area contributed by atoms with E-state index in [0.29, 0.717) is 28.6 Å². The van der Waals surface area contributed by atoms with E-state index in [0.717, 1.165) is 0 Å². The summed E-state index contributed by atoms with van der Waals surface area (Å²) in [6.07, 6.45) is 3.70. The number of azo groups is 1. The Morgan fingerprint density at radius 2 is 1.80 bits per heavy atom. The third kappa shape index (κ3) is 5.52. The maximum absolute atomic E-state index is 5.18. The normalized spacial score (nSPS) is 12.2. The van der Waals surface area contributed by atoms with Crippen LogP contribution in [0.3, 0.4) is 0 Å². The molecule has 0 saturated carbocycles. The maximum atomic E-state index is 5.18. The average molecular weight is 345 g/mol. The van der Waals surface area contributed by atoms with Crippen molar-refractivity contribution in [3.8, 4) is 11.5 Å². The molecule has 134 valence electrons. The summed E-state index contributed by atoms with van der Waals surface area (Å²) in [6, 6.07) is 7.27. The molecule has 0 aliphatic heterocycles. The fourth-order valence-corrected chi connectivity index (χ4v) is 1.80. The fourth-order valence-electron chi connectivity index (χ4n) is 1.80. The first-order valence-corrected chi connectivity index (χ1v) is 7.28. The molecule has 0 fully saturated rings. The SMILES string of the molecule is C.COc1cc[n+](C)c(N=N/C(C)=N/N=c2\cc(OC)ccn2C)c1. The number of nitrogens with zero attached hydrogens (tertiary/aromatic N) is 6. The fraction of sp³-hybridized carbons (Fsp3) is 0.353. The first kappa shape index (κ1) is 20.0. The second-order valence-electron chi connectivity index (χ2n) is 5.02. The van der Waals surface area contributed by atoms with Gasteiger partial charge in [0.15, 0.2) is 11.3 Å². The minimum Gasteiger partial charge on any atom is -0.497 e. The summed E-state index contributed by atoms with van der Waals surface area (Å²) in [5, 5.41) is 16.5. The molecule has 0 aromatic carbocycles.